The minimum absolute atomic E-state index is 0.0387. The third-order valence-electron chi connectivity index (χ3n) is 6.66. The number of para-hydroxylation sites is 1. The first-order valence-electron chi connectivity index (χ1n) is 12.2. The SMILES string of the molecule is COc1c(Nc2cc(NC(=O)C3CC3)nnc2C(N)=O)cccc1-c1cnn([C@H]2CCC[C@H]2OC(F)F)c1. The van der Waals surface area contributed by atoms with Crippen molar-refractivity contribution in [2.24, 2.45) is 11.7 Å². The lowest BCUT2D eigenvalue weighted by atomic mass is 10.1. The van der Waals surface area contributed by atoms with Gasteiger partial charge in [-0.1, -0.05) is 12.1 Å². The molecule has 0 aliphatic heterocycles. The number of rotatable bonds is 10. The van der Waals surface area contributed by atoms with Crippen LogP contribution < -0.4 is 21.1 Å². The number of ether oxygens (including phenoxy) is 2. The molecule has 3 aromatic rings. The van der Waals surface area contributed by atoms with Gasteiger partial charge in [-0.2, -0.15) is 13.9 Å². The van der Waals surface area contributed by atoms with Gasteiger partial charge in [0.05, 0.1) is 36.8 Å². The van der Waals surface area contributed by atoms with E-state index >= 15 is 0 Å². The molecular formula is C25H27F2N7O4. The van der Waals surface area contributed by atoms with E-state index in [1.54, 1.807) is 29.2 Å². The number of nitrogens with one attached hydrogen (secondary N) is 2. The van der Waals surface area contributed by atoms with E-state index in [2.05, 4.69) is 25.9 Å². The van der Waals surface area contributed by atoms with Gasteiger partial charge in [-0.3, -0.25) is 14.3 Å². The molecule has 4 N–H and O–H groups in total. The molecule has 11 nitrogen and oxygen atoms in total. The van der Waals surface area contributed by atoms with Crippen molar-refractivity contribution in [1.82, 2.24) is 20.0 Å². The minimum Gasteiger partial charge on any atom is -0.494 e. The van der Waals surface area contributed by atoms with Crippen LogP contribution in [0.5, 0.6) is 5.75 Å². The highest BCUT2D eigenvalue weighted by Gasteiger charge is 2.33. The number of aromatic nitrogens is 4. The predicted molar refractivity (Wildman–Crippen MR) is 133 cm³/mol. The Balaban J connectivity index is 1.43. The fraction of sp³-hybridized carbons (Fsp3) is 0.400. The van der Waals surface area contributed by atoms with Gasteiger partial charge in [0.15, 0.2) is 11.5 Å². The van der Waals surface area contributed by atoms with Crippen molar-refractivity contribution in [2.45, 2.75) is 50.9 Å². The van der Waals surface area contributed by atoms with Crippen LogP contribution in [0.25, 0.3) is 11.1 Å². The van der Waals surface area contributed by atoms with Crippen molar-refractivity contribution in [3.63, 3.8) is 0 Å². The Bertz CT molecular complexity index is 1340. The van der Waals surface area contributed by atoms with Crippen molar-refractivity contribution < 1.29 is 27.8 Å². The van der Waals surface area contributed by atoms with E-state index in [0.717, 1.165) is 19.3 Å². The molecule has 2 saturated carbocycles. The van der Waals surface area contributed by atoms with Crippen molar-refractivity contribution in [3.05, 3.63) is 42.4 Å². The third kappa shape index (κ3) is 5.42. The Morgan fingerprint density at radius 1 is 1.16 bits per heavy atom. The van der Waals surface area contributed by atoms with Crippen LogP contribution in [0.15, 0.2) is 36.7 Å². The number of halogens is 2. The average Bonchev–Trinajstić information content (AvgIpc) is 3.46. The van der Waals surface area contributed by atoms with Gasteiger partial charge in [-0.15, -0.1) is 10.2 Å². The molecule has 0 bridgehead atoms. The number of anilines is 3. The molecule has 2 aromatic heterocycles. The van der Waals surface area contributed by atoms with E-state index in [-0.39, 0.29) is 35.1 Å². The van der Waals surface area contributed by atoms with Crippen molar-refractivity contribution >= 4 is 29.0 Å². The summed E-state index contributed by atoms with van der Waals surface area (Å²) in [5.74, 6) is -0.369. The second-order valence-electron chi connectivity index (χ2n) is 9.27. The first kappa shape index (κ1) is 25.5. The number of nitrogens with zero attached hydrogens (tertiary/aromatic N) is 4. The number of hydrogen-bond acceptors (Lipinski definition) is 8. The average molecular weight is 528 g/mol. The van der Waals surface area contributed by atoms with E-state index in [4.69, 9.17) is 15.2 Å². The van der Waals surface area contributed by atoms with Gasteiger partial charge >= 0.3 is 6.61 Å². The summed E-state index contributed by atoms with van der Waals surface area (Å²) < 4.78 is 37.8. The monoisotopic (exact) mass is 527 g/mol. The Kier molecular flexibility index (Phi) is 7.18. The summed E-state index contributed by atoms with van der Waals surface area (Å²) >= 11 is 0. The number of nitrogens with two attached hydrogens (primary N) is 1. The Labute approximate surface area is 216 Å². The van der Waals surface area contributed by atoms with E-state index in [9.17, 15) is 18.4 Å². The highest BCUT2D eigenvalue weighted by molar-refractivity contribution is 5.99. The first-order chi connectivity index (χ1) is 18.3. The highest BCUT2D eigenvalue weighted by atomic mass is 19.3. The van der Waals surface area contributed by atoms with Crippen LogP contribution >= 0.6 is 0 Å². The number of amides is 2. The number of hydrogen-bond donors (Lipinski definition) is 3. The van der Waals surface area contributed by atoms with Gasteiger partial charge in [0.25, 0.3) is 5.91 Å². The summed E-state index contributed by atoms with van der Waals surface area (Å²) in [7, 11) is 1.50. The molecule has 0 radical (unpaired) electrons. The number of carbonyl (C=O) groups is 2. The summed E-state index contributed by atoms with van der Waals surface area (Å²) in [6.07, 6.45) is 6.43. The normalized spacial score (nSPS) is 18.9. The number of carbonyl (C=O) groups excluding carboxylic acids is 2. The van der Waals surface area contributed by atoms with Gasteiger partial charge in [0, 0.05) is 29.3 Å². The van der Waals surface area contributed by atoms with Crippen LogP contribution in [0.1, 0.15) is 48.6 Å². The maximum atomic E-state index is 12.8. The van der Waals surface area contributed by atoms with Crippen molar-refractivity contribution in [2.75, 3.05) is 17.7 Å². The molecule has 0 unspecified atom stereocenters. The summed E-state index contributed by atoms with van der Waals surface area (Å²) in [4.78, 5) is 24.2. The molecule has 0 saturated heterocycles. The van der Waals surface area contributed by atoms with Gasteiger partial charge in [-0.05, 0) is 38.2 Å². The second-order valence-corrected chi connectivity index (χ2v) is 9.27. The van der Waals surface area contributed by atoms with Crippen LogP contribution in [0.4, 0.5) is 26.0 Å². The van der Waals surface area contributed by atoms with Crippen LogP contribution in [0, 0.1) is 5.92 Å². The topological polar surface area (TPSA) is 146 Å². The largest absolute Gasteiger partial charge is 0.494 e. The van der Waals surface area contributed by atoms with Gasteiger partial charge < -0.3 is 25.8 Å². The lowest BCUT2D eigenvalue weighted by molar-refractivity contribution is -0.169. The van der Waals surface area contributed by atoms with Crippen LogP contribution in [-0.2, 0) is 9.53 Å². The van der Waals surface area contributed by atoms with Crippen LogP contribution in [-0.4, -0.2) is 51.6 Å². The Hall–Kier alpha value is -4.13. The summed E-state index contributed by atoms with van der Waals surface area (Å²) in [5, 5.41) is 18.0. The predicted octanol–water partition coefficient (Wildman–Crippen LogP) is 3.87. The molecule has 200 valence electrons. The first-order valence-corrected chi connectivity index (χ1v) is 12.2. The molecule has 0 spiro atoms. The molecule has 2 amide bonds. The fourth-order valence-corrected chi connectivity index (χ4v) is 4.69. The molecule has 1 aromatic carbocycles. The van der Waals surface area contributed by atoms with E-state index in [1.807, 2.05) is 6.07 Å². The molecule has 2 atom stereocenters. The summed E-state index contributed by atoms with van der Waals surface area (Å²) in [6.45, 7) is -2.84. The van der Waals surface area contributed by atoms with Crippen molar-refractivity contribution in [1.29, 1.82) is 0 Å². The van der Waals surface area contributed by atoms with E-state index < -0.39 is 18.6 Å². The molecule has 2 fully saturated rings. The standard InChI is InChI=1S/C25H27F2N7O4/c1-37-22-15(14-11-29-34(12-14)18-6-3-7-19(18)38-25(26)27)4-2-5-16(22)30-17-10-20(31-24(36)13-8-9-13)32-33-21(17)23(28)35/h2,4-5,10-13,18-19,25H,3,6-9H2,1H3,(H2,28,35)(H2,30,31,32,36)/t18-,19+/m0/s1. The fourth-order valence-electron chi connectivity index (χ4n) is 4.69. The zero-order valence-corrected chi connectivity index (χ0v) is 20.6. The van der Waals surface area contributed by atoms with Crippen molar-refractivity contribution in [3.8, 4) is 16.9 Å². The zero-order valence-electron chi connectivity index (χ0n) is 20.6. The summed E-state index contributed by atoms with van der Waals surface area (Å²) in [5.41, 5.74) is 7.51. The number of primary amides is 1. The lowest BCUT2D eigenvalue weighted by Crippen LogP contribution is -2.24. The maximum Gasteiger partial charge on any atom is 0.345 e. The molecule has 2 aliphatic rings. The zero-order chi connectivity index (χ0) is 26.8. The van der Waals surface area contributed by atoms with Crippen LogP contribution in [0.2, 0.25) is 0 Å². The molecule has 38 heavy (non-hydrogen) atoms. The number of alkyl halides is 2. The molecule has 2 heterocycles. The lowest BCUT2D eigenvalue weighted by Gasteiger charge is -2.20. The van der Waals surface area contributed by atoms with Gasteiger partial charge in [0.2, 0.25) is 5.91 Å². The maximum absolute atomic E-state index is 12.8. The summed E-state index contributed by atoms with van der Waals surface area (Å²) in [6, 6.07) is 6.54. The van der Waals surface area contributed by atoms with Gasteiger partial charge in [0.1, 0.15) is 5.75 Å². The van der Waals surface area contributed by atoms with E-state index in [0.29, 0.717) is 35.4 Å². The molecule has 2 aliphatic carbocycles. The number of methoxy groups -OCH3 is 1. The van der Waals surface area contributed by atoms with E-state index in [1.165, 1.54) is 13.2 Å². The highest BCUT2D eigenvalue weighted by Crippen LogP contribution is 2.40. The molecular weight excluding hydrogens is 500 g/mol. The molecule has 13 heteroatoms. The van der Waals surface area contributed by atoms with Crippen LogP contribution in [0.3, 0.4) is 0 Å². The second kappa shape index (κ2) is 10.7. The smallest absolute Gasteiger partial charge is 0.345 e. The number of benzene rings is 1. The quantitative estimate of drug-likeness (QED) is 0.360. The Morgan fingerprint density at radius 2 is 1.97 bits per heavy atom. The Morgan fingerprint density at radius 3 is 2.68 bits per heavy atom. The molecule has 5 rings (SSSR count). The minimum atomic E-state index is -2.84. The third-order valence-corrected chi connectivity index (χ3v) is 6.66. The van der Waals surface area contributed by atoms with Gasteiger partial charge in [-0.25, -0.2) is 0 Å².